The number of nitrogens with one attached hydrogen (secondary N) is 2. The summed E-state index contributed by atoms with van der Waals surface area (Å²) in [5.41, 5.74) is 8.71. The molecule has 0 saturated heterocycles. The molecule has 7 heteroatoms. The predicted molar refractivity (Wildman–Crippen MR) is 106 cm³/mol. The van der Waals surface area contributed by atoms with Crippen LogP contribution >= 0.6 is 0 Å². The van der Waals surface area contributed by atoms with Crippen LogP contribution in [0.1, 0.15) is 6.92 Å². The number of carbonyl (C=O) groups excluding carboxylic acids is 1. The van der Waals surface area contributed by atoms with E-state index in [1.807, 2.05) is 42.5 Å². The first-order valence-electron chi connectivity index (χ1n) is 8.46. The molecule has 1 unspecified atom stereocenters. The highest BCUT2D eigenvalue weighted by atomic mass is 16.5. The van der Waals surface area contributed by atoms with E-state index in [4.69, 9.17) is 10.5 Å². The first-order chi connectivity index (χ1) is 13.1. The molecule has 138 valence electrons. The van der Waals surface area contributed by atoms with E-state index in [2.05, 4.69) is 20.6 Å². The van der Waals surface area contributed by atoms with Gasteiger partial charge in [-0.05, 0) is 43.3 Å². The molecular weight excluding hydrogens is 342 g/mol. The standard InChI is InChI=1S/C20H21N5O2/c1-13(21)20(26)25-15-9-7-14(8-10-15)24-19-11-17(22-12-23-19)16-5-3-4-6-18(16)27-2/h3-13H,21H2,1-2H3,(H,25,26)(H,22,23,24). The summed E-state index contributed by atoms with van der Waals surface area (Å²) in [6, 6.07) is 16.3. The topological polar surface area (TPSA) is 102 Å². The summed E-state index contributed by atoms with van der Waals surface area (Å²) >= 11 is 0. The number of carbonyl (C=O) groups is 1. The van der Waals surface area contributed by atoms with Gasteiger partial charge >= 0.3 is 0 Å². The number of hydrogen-bond donors (Lipinski definition) is 3. The summed E-state index contributed by atoms with van der Waals surface area (Å²) in [6.07, 6.45) is 1.50. The van der Waals surface area contributed by atoms with Crippen molar-refractivity contribution in [3.8, 4) is 17.0 Å². The smallest absolute Gasteiger partial charge is 0.240 e. The molecule has 0 aliphatic rings. The van der Waals surface area contributed by atoms with E-state index in [-0.39, 0.29) is 5.91 Å². The highest BCUT2D eigenvalue weighted by molar-refractivity contribution is 5.94. The molecule has 2 aromatic carbocycles. The van der Waals surface area contributed by atoms with Gasteiger partial charge in [0.25, 0.3) is 0 Å². The van der Waals surface area contributed by atoms with Gasteiger partial charge in [0.2, 0.25) is 5.91 Å². The molecule has 0 spiro atoms. The average molecular weight is 363 g/mol. The van der Waals surface area contributed by atoms with Gasteiger partial charge in [-0.25, -0.2) is 9.97 Å². The van der Waals surface area contributed by atoms with Crippen molar-refractivity contribution in [2.24, 2.45) is 5.73 Å². The summed E-state index contributed by atoms with van der Waals surface area (Å²) in [5.74, 6) is 1.17. The lowest BCUT2D eigenvalue weighted by atomic mass is 10.1. The summed E-state index contributed by atoms with van der Waals surface area (Å²) < 4.78 is 5.40. The molecule has 0 saturated carbocycles. The molecule has 1 heterocycles. The molecule has 1 atom stereocenters. The highest BCUT2D eigenvalue weighted by Crippen LogP contribution is 2.29. The lowest BCUT2D eigenvalue weighted by Crippen LogP contribution is -2.32. The second-order valence-corrected chi connectivity index (χ2v) is 5.97. The molecule has 3 rings (SSSR count). The van der Waals surface area contributed by atoms with Crippen molar-refractivity contribution in [3.63, 3.8) is 0 Å². The number of nitrogens with two attached hydrogens (primary N) is 1. The molecule has 1 amide bonds. The van der Waals surface area contributed by atoms with E-state index in [0.29, 0.717) is 11.5 Å². The second kappa shape index (κ2) is 8.29. The number of benzene rings is 2. The fourth-order valence-corrected chi connectivity index (χ4v) is 2.47. The van der Waals surface area contributed by atoms with Gasteiger partial charge in [-0.3, -0.25) is 4.79 Å². The maximum atomic E-state index is 11.6. The molecule has 4 N–H and O–H groups in total. The molecule has 0 aliphatic heterocycles. The van der Waals surface area contributed by atoms with Gasteiger partial charge in [-0.2, -0.15) is 0 Å². The van der Waals surface area contributed by atoms with Crippen LogP contribution in [0.4, 0.5) is 17.2 Å². The maximum Gasteiger partial charge on any atom is 0.240 e. The molecule has 0 fully saturated rings. The molecular formula is C20H21N5O2. The summed E-state index contributed by atoms with van der Waals surface area (Å²) in [7, 11) is 1.63. The quantitative estimate of drug-likeness (QED) is 0.622. The molecule has 0 bridgehead atoms. The minimum Gasteiger partial charge on any atom is -0.496 e. The highest BCUT2D eigenvalue weighted by Gasteiger charge is 2.09. The van der Waals surface area contributed by atoms with Crippen LogP contribution in [0.2, 0.25) is 0 Å². The Morgan fingerprint density at radius 1 is 1.07 bits per heavy atom. The summed E-state index contributed by atoms with van der Waals surface area (Å²) in [6.45, 7) is 1.64. The number of rotatable bonds is 6. The van der Waals surface area contributed by atoms with Crippen molar-refractivity contribution in [1.29, 1.82) is 0 Å². The molecule has 0 radical (unpaired) electrons. The number of ether oxygens (including phenoxy) is 1. The predicted octanol–water partition coefficient (Wildman–Crippen LogP) is 3.18. The van der Waals surface area contributed by atoms with Crippen LogP contribution in [0.15, 0.2) is 60.9 Å². The third-order valence-electron chi connectivity index (χ3n) is 3.89. The van der Waals surface area contributed by atoms with Crippen molar-refractivity contribution < 1.29 is 9.53 Å². The Hall–Kier alpha value is -3.45. The van der Waals surface area contributed by atoms with E-state index < -0.39 is 6.04 Å². The zero-order valence-corrected chi connectivity index (χ0v) is 15.1. The van der Waals surface area contributed by atoms with Gasteiger partial charge < -0.3 is 21.1 Å². The van der Waals surface area contributed by atoms with Gasteiger partial charge in [-0.1, -0.05) is 12.1 Å². The lowest BCUT2D eigenvalue weighted by Gasteiger charge is -2.11. The molecule has 3 aromatic rings. The van der Waals surface area contributed by atoms with Crippen LogP contribution in [0.25, 0.3) is 11.3 Å². The minimum atomic E-state index is -0.558. The number of nitrogens with zero attached hydrogens (tertiary/aromatic N) is 2. The fourth-order valence-electron chi connectivity index (χ4n) is 2.47. The largest absolute Gasteiger partial charge is 0.496 e. The van der Waals surface area contributed by atoms with Gasteiger partial charge in [-0.15, -0.1) is 0 Å². The van der Waals surface area contributed by atoms with Crippen LogP contribution in [-0.2, 0) is 4.79 Å². The van der Waals surface area contributed by atoms with Gasteiger partial charge in [0.1, 0.15) is 17.9 Å². The normalized spacial score (nSPS) is 11.5. The Morgan fingerprint density at radius 3 is 2.48 bits per heavy atom. The van der Waals surface area contributed by atoms with Gasteiger partial charge in [0, 0.05) is 23.0 Å². The number of aromatic nitrogens is 2. The van der Waals surface area contributed by atoms with Crippen LogP contribution in [0, 0.1) is 0 Å². The number of methoxy groups -OCH3 is 1. The van der Waals surface area contributed by atoms with Crippen molar-refractivity contribution >= 4 is 23.1 Å². The van der Waals surface area contributed by atoms with E-state index in [9.17, 15) is 4.79 Å². The van der Waals surface area contributed by atoms with E-state index in [1.165, 1.54) is 6.33 Å². The monoisotopic (exact) mass is 363 g/mol. The molecule has 0 aliphatic carbocycles. The van der Waals surface area contributed by atoms with E-state index in [1.54, 1.807) is 26.2 Å². The third-order valence-corrected chi connectivity index (χ3v) is 3.89. The first-order valence-corrected chi connectivity index (χ1v) is 8.46. The first kappa shape index (κ1) is 18.3. The summed E-state index contributed by atoms with van der Waals surface area (Å²) in [5, 5.41) is 5.97. The van der Waals surface area contributed by atoms with Crippen molar-refractivity contribution in [1.82, 2.24) is 9.97 Å². The Balaban J connectivity index is 1.76. The number of para-hydroxylation sites is 1. The Bertz CT molecular complexity index is 926. The van der Waals surface area contributed by atoms with E-state index in [0.717, 1.165) is 22.7 Å². The molecule has 27 heavy (non-hydrogen) atoms. The van der Waals surface area contributed by atoms with Gasteiger partial charge in [0.05, 0.1) is 18.8 Å². The zero-order chi connectivity index (χ0) is 19.2. The zero-order valence-electron chi connectivity index (χ0n) is 15.1. The SMILES string of the molecule is COc1ccccc1-c1cc(Nc2ccc(NC(=O)C(C)N)cc2)ncn1. The van der Waals surface area contributed by atoms with E-state index >= 15 is 0 Å². The molecule has 7 nitrogen and oxygen atoms in total. The van der Waals surface area contributed by atoms with Crippen molar-refractivity contribution in [3.05, 3.63) is 60.9 Å². The Labute approximate surface area is 157 Å². The summed E-state index contributed by atoms with van der Waals surface area (Å²) in [4.78, 5) is 20.2. The van der Waals surface area contributed by atoms with Crippen LogP contribution in [0.5, 0.6) is 5.75 Å². The fraction of sp³-hybridized carbons (Fsp3) is 0.150. The van der Waals surface area contributed by atoms with Crippen molar-refractivity contribution in [2.45, 2.75) is 13.0 Å². The Morgan fingerprint density at radius 2 is 1.78 bits per heavy atom. The number of anilines is 3. The maximum absolute atomic E-state index is 11.6. The van der Waals surface area contributed by atoms with Gasteiger partial charge in [0.15, 0.2) is 0 Å². The second-order valence-electron chi connectivity index (χ2n) is 5.97. The number of amides is 1. The lowest BCUT2D eigenvalue weighted by molar-refractivity contribution is -0.117. The van der Waals surface area contributed by atoms with Crippen molar-refractivity contribution in [2.75, 3.05) is 17.7 Å². The molecule has 1 aromatic heterocycles. The average Bonchev–Trinajstić information content (AvgIpc) is 2.69. The number of hydrogen-bond acceptors (Lipinski definition) is 6. The van der Waals surface area contributed by atoms with Crippen LogP contribution in [-0.4, -0.2) is 29.0 Å². The van der Waals surface area contributed by atoms with Crippen LogP contribution < -0.4 is 21.1 Å². The minimum absolute atomic E-state index is 0.229. The van der Waals surface area contributed by atoms with Crippen LogP contribution in [0.3, 0.4) is 0 Å². The third kappa shape index (κ3) is 4.59. The Kier molecular flexibility index (Phi) is 5.63.